The van der Waals surface area contributed by atoms with Gasteiger partial charge in [0, 0.05) is 13.1 Å². The van der Waals surface area contributed by atoms with Crippen LogP contribution in [0, 0.1) is 0 Å². The summed E-state index contributed by atoms with van der Waals surface area (Å²) in [6.07, 6.45) is 3.10. The van der Waals surface area contributed by atoms with Crippen molar-refractivity contribution in [3.63, 3.8) is 0 Å². The van der Waals surface area contributed by atoms with Gasteiger partial charge in [0.15, 0.2) is 0 Å². The van der Waals surface area contributed by atoms with Gasteiger partial charge in [0.1, 0.15) is 18.3 Å². The van der Waals surface area contributed by atoms with E-state index in [1.54, 1.807) is 49.4 Å². The minimum absolute atomic E-state index is 0.0519. The number of ether oxygens (including phenoxy) is 1. The maximum atomic E-state index is 13.7. The van der Waals surface area contributed by atoms with Crippen LogP contribution in [0.2, 0.25) is 10.0 Å². The zero-order chi connectivity index (χ0) is 27.6. The third-order valence-corrected chi connectivity index (χ3v) is 7.55. The maximum Gasteiger partial charge on any atom is 0.244 e. The SMILES string of the molecule is CCCCNC(=O)C(CC)N(Cc1ccc(Cl)c(Cl)c1)C(=O)CN(c1ccc(OCC)cc1)S(C)(=O)=O. The molecular weight excluding hydrogens is 537 g/mol. The number of carbonyl (C=O) groups excluding carboxylic acids is 2. The second kappa shape index (κ2) is 14.4. The highest BCUT2D eigenvalue weighted by molar-refractivity contribution is 7.92. The Hall–Kier alpha value is -2.49. The van der Waals surface area contributed by atoms with Crippen LogP contribution in [0.5, 0.6) is 5.75 Å². The highest BCUT2D eigenvalue weighted by Gasteiger charge is 2.31. The van der Waals surface area contributed by atoms with Crippen molar-refractivity contribution in [1.82, 2.24) is 10.2 Å². The van der Waals surface area contributed by atoms with Gasteiger partial charge in [-0.2, -0.15) is 0 Å². The zero-order valence-corrected chi connectivity index (χ0v) is 24.0. The van der Waals surface area contributed by atoms with Crippen molar-refractivity contribution in [2.75, 3.05) is 30.3 Å². The molecule has 2 amide bonds. The molecule has 0 bridgehead atoms. The van der Waals surface area contributed by atoms with Gasteiger partial charge in [-0.1, -0.05) is 49.5 Å². The van der Waals surface area contributed by atoms with E-state index in [2.05, 4.69) is 5.32 Å². The first-order chi connectivity index (χ1) is 17.5. The van der Waals surface area contributed by atoms with Crippen LogP contribution in [0.4, 0.5) is 5.69 Å². The van der Waals surface area contributed by atoms with Crippen LogP contribution in [0.3, 0.4) is 0 Å². The number of nitrogens with zero attached hydrogens (tertiary/aromatic N) is 2. The number of halogens is 2. The van der Waals surface area contributed by atoms with Crippen molar-refractivity contribution < 1.29 is 22.7 Å². The fourth-order valence-corrected chi connectivity index (χ4v) is 4.92. The number of rotatable bonds is 14. The molecule has 0 aliphatic rings. The van der Waals surface area contributed by atoms with Crippen LogP contribution < -0.4 is 14.4 Å². The Labute approximate surface area is 229 Å². The van der Waals surface area contributed by atoms with Crippen molar-refractivity contribution in [2.45, 2.75) is 52.6 Å². The molecule has 1 unspecified atom stereocenters. The number of hydrogen-bond acceptors (Lipinski definition) is 5. The monoisotopic (exact) mass is 571 g/mol. The van der Waals surface area contributed by atoms with E-state index in [4.69, 9.17) is 27.9 Å². The van der Waals surface area contributed by atoms with Crippen molar-refractivity contribution in [3.05, 3.63) is 58.1 Å². The van der Waals surface area contributed by atoms with E-state index in [0.717, 1.165) is 23.4 Å². The van der Waals surface area contributed by atoms with Crippen LogP contribution in [0.25, 0.3) is 0 Å². The summed E-state index contributed by atoms with van der Waals surface area (Å²) in [7, 11) is -3.82. The highest BCUT2D eigenvalue weighted by atomic mass is 35.5. The minimum Gasteiger partial charge on any atom is -0.494 e. The van der Waals surface area contributed by atoms with E-state index in [0.29, 0.717) is 46.6 Å². The van der Waals surface area contributed by atoms with Gasteiger partial charge in [-0.3, -0.25) is 13.9 Å². The van der Waals surface area contributed by atoms with Gasteiger partial charge in [0.25, 0.3) is 0 Å². The van der Waals surface area contributed by atoms with E-state index >= 15 is 0 Å². The molecule has 0 aliphatic carbocycles. The van der Waals surface area contributed by atoms with Gasteiger partial charge < -0.3 is 15.0 Å². The standard InChI is InChI=1S/C26H35Cl2N3O5S/c1-5-8-15-29-26(33)24(6-2)30(17-19-9-14-22(27)23(28)16-19)25(32)18-31(37(4,34)35)20-10-12-21(13-11-20)36-7-3/h9-14,16,24H,5-8,15,17-18H2,1-4H3,(H,29,33). The lowest BCUT2D eigenvalue weighted by Gasteiger charge is -2.33. The number of hydrogen-bond donors (Lipinski definition) is 1. The summed E-state index contributed by atoms with van der Waals surface area (Å²) < 4.78 is 31.9. The molecule has 0 spiro atoms. The lowest BCUT2D eigenvalue weighted by Crippen LogP contribution is -2.52. The molecule has 8 nitrogen and oxygen atoms in total. The molecule has 11 heteroatoms. The molecule has 0 saturated carbocycles. The summed E-state index contributed by atoms with van der Waals surface area (Å²) >= 11 is 12.2. The Morgan fingerprint density at radius 1 is 1.03 bits per heavy atom. The van der Waals surface area contributed by atoms with E-state index in [1.807, 2.05) is 13.8 Å². The number of amides is 2. The first-order valence-corrected chi connectivity index (χ1v) is 14.8. The quantitative estimate of drug-likeness (QED) is 0.326. The predicted octanol–water partition coefficient (Wildman–Crippen LogP) is 4.88. The van der Waals surface area contributed by atoms with E-state index in [9.17, 15) is 18.0 Å². The van der Waals surface area contributed by atoms with E-state index in [1.165, 1.54) is 4.90 Å². The van der Waals surface area contributed by atoms with E-state index in [-0.39, 0.29) is 12.5 Å². The molecule has 37 heavy (non-hydrogen) atoms. The summed E-state index contributed by atoms with van der Waals surface area (Å²) in [5, 5.41) is 3.57. The smallest absolute Gasteiger partial charge is 0.244 e. The Bertz CT molecular complexity index is 1160. The van der Waals surface area contributed by atoms with Crippen LogP contribution >= 0.6 is 23.2 Å². The molecule has 0 fully saturated rings. The van der Waals surface area contributed by atoms with Gasteiger partial charge in [0.2, 0.25) is 21.8 Å². The Morgan fingerprint density at radius 2 is 1.70 bits per heavy atom. The Balaban J connectivity index is 2.41. The number of benzene rings is 2. The summed E-state index contributed by atoms with van der Waals surface area (Å²) in [5.41, 5.74) is 0.976. The summed E-state index contributed by atoms with van der Waals surface area (Å²) in [6.45, 7) is 6.20. The molecule has 0 aliphatic heterocycles. The normalized spacial score (nSPS) is 12.1. The van der Waals surface area contributed by atoms with Crippen LogP contribution in [-0.2, 0) is 26.2 Å². The van der Waals surface area contributed by atoms with Crippen LogP contribution in [-0.4, -0.2) is 57.1 Å². The van der Waals surface area contributed by atoms with Gasteiger partial charge in [-0.05, 0) is 61.7 Å². The molecule has 1 atom stereocenters. The van der Waals surface area contributed by atoms with Gasteiger partial charge in [0.05, 0.1) is 28.6 Å². The summed E-state index contributed by atoms with van der Waals surface area (Å²) in [6, 6.07) is 10.6. The van der Waals surface area contributed by atoms with Crippen LogP contribution in [0.15, 0.2) is 42.5 Å². The average molecular weight is 573 g/mol. The van der Waals surface area contributed by atoms with Crippen molar-refractivity contribution in [1.29, 1.82) is 0 Å². The van der Waals surface area contributed by atoms with Gasteiger partial charge in [-0.25, -0.2) is 8.42 Å². The lowest BCUT2D eigenvalue weighted by atomic mass is 10.1. The Kier molecular flexibility index (Phi) is 12.0. The van der Waals surface area contributed by atoms with Crippen molar-refractivity contribution >= 4 is 50.7 Å². The number of unbranched alkanes of at least 4 members (excludes halogenated alkanes) is 1. The van der Waals surface area contributed by atoms with Gasteiger partial charge in [-0.15, -0.1) is 0 Å². The predicted molar refractivity (Wildman–Crippen MR) is 149 cm³/mol. The second-order valence-electron chi connectivity index (χ2n) is 8.54. The average Bonchev–Trinajstić information content (AvgIpc) is 2.84. The van der Waals surface area contributed by atoms with Crippen molar-refractivity contribution in [2.24, 2.45) is 0 Å². The number of sulfonamides is 1. The first kappa shape index (κ1) is 30.7. The second-order valence-corrected chi connectivity index (χ2v) is 11.3. The number of carbonyl (C=O) groups is 2. The maximum absolute atomic E-state index is 13.7. The van der Waals surface area contributed by atoms with Crippen molar-refractivity contribution in [3.8, 4) is 5.75 Å². The van der Waals surface area contributed by atoms with E-state index < -0.39 is 28.5 Å². The van der Waals surface area contributed by atoms with Crippen LogP contribution in [0.1, 0.15) is 45.6 Å². The lowest BCUT2D eigenvalue weighted by molar-refractivity contribution is -0.140. The largest absolute Gasteiger partial charge is 0.494 e. The molecule has 0 saturated heterocycles. The molecule has 0 aromatic heterocycles. The third-order valence-electron chi connectivity index (χ3n) is 5.67. The Morgan fingerprint density at radius 3 is 2.24 bits per heavy atom. The first-order valence-electron chi connectivity index (χ1n) is 12.2. The molecule has 2 rings (SSSR count). The van der Waals surface area contributed by atoms with Gasteiger partial charge >= 0.3 is 0 Å². The molecule has 2 aromatic carbocycles. The minimum atomic E-state index is -3.82. The fourth-order valence-electron chi connectivity index (χ4n) is 3.75. The molecule has 0 heterocycles. The third kappa shape index (κ3) is 9.09. The zero-order valence-electron chi connectivity index (χ0n) is 21.7. The number of nitrogens with one attached hydrogen (secondary N) is 1. The molecule has 1 N–H and O–H groups in total. The fraction of sp³-hybridized carbons (Fsp3) is 0.462. The molecule has 2 aromatic rings. The molecule has 0 radical (unpaired) electrons. The molecule has 204 valence electrons. The summed E-state index contributed by atoms with van der Waals surface area (Å²) in [4.78, 5) is 28.1. The molecular formula is C26H35Cl2N3O5S. The summed E-state index contributed by atoms with van der Waals surface area (Å²) in [5.74, 6) is -0.235. The highest BCUT2D eigenvalue weighted by Crippen LogP contribution is 2.25. The topological polar surface area (TPSA) is 96.0 Å². The number of anilines is 1.